The van der Waals surface area contributed by atoms with Crippen LogP contribution in [-0.4, -0.2) is 32.9 Å². The molecule has 1 amide bonds. The van der Waals surface area contributed by atoms with Crippen molar-refractivity contribution < 1.29 is 14.3 Å². The van der Waals surface area contributed by atoms with E-state index in [9.17, 15) is 4.79 Å². The molecule has 0 aliphatic carbocycles. The van der Waals surface area contributed by atoms with Crippen LogP contribution in [0.1, 0.15) is 24.0 Å². The molecule has 0 saturated carbocycles. The summed E-state index contributed by atoms with van der Waals surface area (Å²) < 4.78 is 10.4. The maximum Gasteiger partial charge on any atom is 0.240 e. The number of aryl methyl sites for hydroxylation is 1. The first-order valence-electron chi connectivity index (χ1n) is 8.47. The van der Waals surface area contributed by atoms with Crippen LogP contribution in [0.15, 0.2) is 47.6 Å². The van der Waals surface area contributed by atoms with Crippen LogP contribution in [0.2, 0.25) is 0 Å². The number of nitrogens with one attached hydrogen (secondary N) is 2. The number of anilines is 1. The number of rotatable bonds is 9. The number of methoxy groups -OCH3 is 2. The van der Waals surface area contributed by atoms with Gasteiger partial charge in [-0.25, -0.2) is 5.43 Å². The van der Waals surface area contributed by atoms with Crippen molar-refractivity contribution in [1.82, 2.24) is 5.43 Å². The van der Waals surface area contributed by atoms with Crippen molar-refractivity contribution in [2.75, 3.05) is 26.1 Å². The normalized spacial score (nSPS) is 10.6. The molecule has 2 aromatic rings. The van der Waals surface area contributed by atoms with Gasteiger partial charge in [0.2, 0.25) is 5.91 Å². The van der Waals surface area contributed by atoms with Crippen LogP contribution in [0.3, 0.4) is 0 Å². The predicted molar refractivity (Wildman–Crippen MR) is 104 cm³/mol. The third-order valence-electron chi connectivity index (χ3n) is 3.74. The minimum absolute atomic E-state index is 0.118. The largest absolute Gasteiger partial charge is 0.493 e. The smallest absolute Gasteiger partial charge is 0.240 e. The highest BCUT2D eigenvalue weighted by molar-refractivity contribution is 5.83. The fourth-order valence-electron chi connectivity index (χ4n) is 2.40. The first-order chi connectivity index (χ1) is 12.6. The van der Waals surface area contributed by atoms with Crippen molar-refractivity contribution in [2.24, 2.45) is 5.10 Å². The van der Waals surface area contributed by atoms with E-state index in [1.165, 1.54) is 5.56 Å². The summed E-state index contributed by atoms with van der Waals surface area (Å²) in [5.41, 5.74) is 5.62. The Kier molecular flexibility index (Phi) is 7.49. The number of nitrogens with zero attached hydrogens (tertiary/aromatic N) is 1. The zero-order valence-electron chi connectivity index (χ0n) is 15.4. The highest BCUT2D eigenvalue weighted by atomic mass is 16.5. The molecule has 138 valence electrons. The molecule has 2 N–H and O–H groups in total. The predicted octanol–water partition coefficient (Wildman–Crippen LogP) is 3.35. The summed E-state index contributed by atoms with van der Waals surface area (Å²) in [7, 11) is 3.16. The van der Waals surface area contributed by atoms with Gasteiger partial charge in [0.25, 0.3) is 0 Å². The SMILES string of the molecule is COc1ccc(/C=N\NC(=O)CCCNc2cccc(C)c2)cc1OC. The molecule has 0 radical (unpaired) electrons. The summed E-state index contributed by atoms with van der Waals surface area (Å²) in [5.74, 6) is 1.15. The van der Waals surface area contributed by atoms with Gasteiger partial charge >= 0.3 is 0 Å². The van der Waals surface area contributed by atoms with E-state index >= 15 is 0 Å². The van der Waals surface area contributed by atoms with Crippen LogP contribution >= 0.6 is 0 Å². The van der Waals surface area contributed by atoms with E-state index in [1.807, 2.05) is 18.2 Å². The fraction of sp³-hybridized carbons (Fsp3) is 0.300. The monoisotopic (exact) mass is 355 g/mol. The number of hydrogen-bond donors (Lipinski definition) is 2. The summed E-state index contributed by atoms with van der Waals surface area (Å²) >= 11 is 0. The van der Waals surface area contributed by atoms with Crippen LogP contribution in [0.4, 0.5) is 5.69 Å². The lowest BCUT2D eigenvalue weighted by Crippen LogP contribution is -2.18. The van der Waals surface area contributed by atoms with E-state index in [-0.39, 0.29) is 5.91 Å². The summed E-state index contributed by atoms with van der Waals surface area (Å²) in [6, 6.07) is 13.6. The van der Waals surface area contributed by atoms with Gasteiger partial charge in [0, 0.05) is 18.7 Å². The Bertz CT molecular complexity index is 760. The molecule has 26 heavy (non-hydrogen) atoms. The molecule has 2 rings (SSSR count). The Morgan fingerprint density at radius 2 is 1.92 bits per heavy atom. The van der Waals surface area contributed by atoms with Crippen molar-refractivity contribution in [1.29, 1.82) is 0 Å². The Hall–Kier alpha value is -3.02. The lowest BCUT2D eigenvalue weighted by molar-refractivity contribution is -0.121. The average molecular weight is 355 g/mol. The van der Waals surface area contributed by atoms with E-state index in [0.717, 1.165) is 24.2 Å². The quantitative estimate of drug-likeness (QED) is 0.411. The van der Waals surface area contributed by atoms with E-state index in [2.05, 4.69) is 34.9 Å². The number of hydrazone groups is 1. The van der Waals surface area contributed by atoms with Gasteiger partial charge < -0.3 is 14.8 Å². The number of amides is 1. The molecular weight excluding hydrogens is 330 g/mol. The van der Waals surface area contributed by atoms with Gasteiger partial charge in [-0.3, -0.25) is 4.79 Å². The van der Waals surface area contributed by atoms with E-state index < -0.39 is 0 Å². The minimum atomic E-state index is -0.118. The lowest BCUT2D eigenvalue weighted by atomic mass is 10.2. The van der Waals surface area contributed by atoms with Gasteiger partial charge in [-0.1, -0.05) is 12.1 Å². The molecule has 0 atom stereocenters. The second-order valence-corrected chi connectivity index (χ2v) is 5.81. The average Bonchev–Trinajstić information content (AvgIpc) is 2.65. The van der Waals surface area contributed by atoms with Crippen LogP contribution in [-0.2, 0) is 4.79 Å². The van der Waals surface area contributed by atoms with Crippen molar-refractivity contribution in [3.8, 4) is 11.5 Å². The molecule has 2 aromatic carbocycles. The Morgan fingerprint density at radius 3 is 2.65 bits per heavy atom. The second kappa shape index (κ2) is 10.1. The van der Waals surface area contributed by atoms with Gasteiger partial charge in [0.1, 0.15) is 0 Å². The second-order valence-electron chi connectivity index (χ2n) is 5.81. The van der Waals surface area contributed by atoms with Gasteiger partial charge in [0.15, 0.2) is 11.5 Å². The molecule has 0 saturated heterocycles. The maximum absolute atomic E-state index is 11.8. The minimum Gasteiger partial charge on any atom is -0.493 e. The third-order valence-corrected chi connectivity index (χ3v) is 3.74. The van der Waals surface area contributed by atoms with Crippen molar-refractivity contribution in [3.05, 3.63) is 53.6 Å². The number of ether oxygens (including phenoxy) is 2. The van der Waals surface area contributed by atoms with Gasteiger partial charge in [-0.05, 0) is 54.8 Å². The molecule has 0 aromatic heterocycles. The zero-order valence-corrected chi connectivity index (χ0v) is 15.4. The lowest BCUT2D eigenvalue weighted by Gasteiger charge is -2.07. The van der Waals surface area contributed by atoms with E-state index in [1.54, 1.807) is 32.6 Å². The first kappa shape index (κ1) is 19.3. The van der Waals surface area contributed by atoms with E-state index in [0.29, 0.717) is 17.9 Å². The molecule has 0 aliphatic heterocycles. The molecule has 0 spiro atoms. The maximum atomic E-state index is 11.8. The Balaban J connectivity index is 1.72. The molecule has 0 bridgehead atoms. The number of hydrogen-bond acceptors (Lipinski definition) is 5. The molecule has 6 heteroatoms. The molecule has 0 aliphatic rings. The van der Waals surface area contributed by atoms with Gasteiger partial charge in [-0.2, -0.15) is 5.10 Å². The molecular formula is C20H25N3O3. The van der Waals surface area contributed by atoms with Crippen LogP contribution in [0, 0.1) is 6.92 Å². The fourth-order valence-corrected chi connectivity index (χ4v) is 2.40. The first-order valence-corrected chi connectivity index (χ1v) is 8.47. The number of carbonyl (C=O) groups excluding carboxylic acids is 1. The van der Waals surface area contributed by atoms with Crippen LogP contribution in [0.25, 0.3) is 0 Å². The highest BCUT2D eigenvalue weighted by Gasteiger charge is 2.03. The summed E-state index contributed by atoms with van der Waals surface area (Å²) in [4.78, 5) is 11.8. The Morgan fingerprint density at radius 1 is 1.12 bits per heavy atom. The topological polar surface area (TPSA) is 72.0 Å². The van der Waals surface area contributed by atoms with Gasteiger partial charge in [0.05, 0.1) is 20.4 Å². The van der Waals surface area contributed by atoms with Crippen molar-refractivity contribution >= 4 is 17.8 Å². The van der Waals surface area contributed by atoms with E-state index in [4.69, 9.17) is 9.47 Å². The van der Waals surface area contributed by atoms with Crippen molar-refractivity contribution in [3.63, 3.8) is 0 Å². The molecule has 6 nitrogen and oxygen atoms in total. The number of benzene rings is 2. The number of carbonyl (C=O) groups is 1. The molecule has 0 fully saturated rings. The van der Waals surface area contributed by atoms with Crippen LogP contribution < -0.4 is 20.2 Å². The Labute approximate surface area is 154 Å². The standard InChI is InChI=1S/C20H25N3O3/c1-15-6-4-7-17(12-15)21-11-5-8-20(24)23-22-14-16-9-10-18(25-2)19(13-16)26-3/h4,6-7,9-10,12-14,21H,5,8,11H2,1-3H3,(H,23,24)/b22-14-. The molecule has 0 heterocycles. The van der Waals surface area contributed by atoms with Gasteiger partial charge in [-0.15, -0.1) is 0 Å². The summed E-state index contributed by atoms with van der Waals surface area (Å²) in [5, 5.41) is 7.28. The third kappa shape index (κ3) is 6.12. The van der Waals surface area contributed by atoms with Crippen molar-refractivity contribution in [2.45, 2.75) is 19.8 Å². The molecule has 0 unspecified atom stereocenters. The summed E-state index contributed by atoms with van der Waals surface area (Å²) in [6.45, 7) is 2.78. The summed E-state index contributed by atoms with van der Waals surface area (Å²) in [6.07, 6.45) is 2.71. The highest BCUT2D eigenvalue weighted by Crippen LogP contribution is 2.26. The van der Waals surface area contributed by atoms with Crippen LogP contribution in [0.5, 0.6) is 11.5 Å². The zero-order chi connectivity index (χ0) is 18.8.